The van der Waals surface area contributed by atoms with Crippen molar-refractivity contribution in [1.82, 2.24) is 9.78 Å². The van der Waals surface area contributed by atoms with Gasteiger partial charge in [0.15, 0.2) is 9.84 Å². The number of hydrogen-bond acceptors (Lipinski definition) is 4. The highest BCUT2D eigenvalue weighted by Gasteiger charge is 2.22. The summed E-state index contributed by atoms with van der Waals surface area (Å²) in [5, 5.41) is 4.12. The molecule has 0 radical (unpaired) electrons. The summed E-state index contributed by atoms with van der Waals surface area (Å²) in [6, 6.07) is 0.268. The van der Waals surface area contributed by atoms with Gasteiger partial charge in [0.2, 0.25) is 0 Å². The molecule has 0 bridgehead atoms. The first-order valence-corrected chi connectivity index (χ1v) is 7.42. The number of sulfone groups is 1. The predicted octanol–water partition coefficient (Wildman–Crippen LogP) is 1.37. The molecule has 2 N–H and O–H groups in total. The average molecular weight is 243 g/mol. The summed E-state index contributed by atoms with van der Waals surface area (Å²) >= 11 is 0. The molecule has 0 saturated heterocycles. The molecule has 1 aromatic rings. The fraction of sp³-hybridized carbons (Fsp3) is 0.700. The smallest absolute Gasteiger partial charge is 0.180 e. The van der Waals surface area contributed by atoms with E-state index < -0.39 is 9.84 Å². The Hall–Kier alpha value is -1.04. The van der Waals surface area contributed by atoms with Crippen LogP contribution in [-0.4, -0.2) is 24.5 Å². The van der Waals surface area contributed by atoms with E-state index in [-0.39, 0.29) is 16.8 Å². The van der Waals surface area contributed by atoms with Crippen molar-refractivity contribution in [2.24, 2.45) is 0 Å². The number of nitrogens with two attached hydrogens (primary N) is 1. The maximum Gasteiger partial charge on any atom is 0.180 e. The second-order valence-corrected chi connectivity index (χ2v) is 6.39. The third-order valence-corrected chi connectivity index (χ3v) is 4.23. The van der Waals surface area contributed by atoms with E-state index in [4.69, 9.17) is 5.73 Å². The Morgan fingerprint density at radius 1 is 1.38 bits per heavy atom. The summed E-state index contributed by atoms with van der Waals surface area (Å²) < 4.78 is 24.5. The maximum atomic E-state index is 11.4. The van der Waals surface area contributed by atoms with Crippen LogP contribution in [0, 0.1) is 0 Å². The third kappa shape index (κ3) is 2.07. The molecule has 0 aromatic carbocycles. The van der Waals surface area contributed by atoms with Crippen molar-refractivity contribution in [2.45, 2.75) is 43.0 Å². The lowest BCUT2D eigenvalue weighted by atomic mass is 9.96. The maximum absolute atomic E-state index is 11.4. The molecule has 0 unspecified atom stereocenters. The first-order valence-electron chi connectivity index (χ1n) is 5.53. The highest BCUT2D eigenvalue weighted by atomic mass is 32.2. The predicted molar refractivity (Wildman–Crippen MR) is 61.9 cm³/mol. The van der Waals surface area contributed by atoms with Crippen molar-refractivity contribution in [1.29, 1.82) is 0 Å². The van der Waals surface area contributed by atoms with Gasteiger partial charge in [0.05, 0.1) is 12.2 Å². The van der Waals surface area contributed by atoms with Crippen LogP contribution in [0.4, 0.5) is 5.82 Å². The van der Waals surface area contributed by atoms with E-state index in [2.05, 4.69) is 5.10 Å². The number of nitrogens with zero attached hydrogens (tertiary/aromatic N) is 2. The van der Waals surface area contributed by atoms with Crippen LogP contribution < -0.4 is 5.73 Å². The SMILES string of the molecule is CS(=O)(=O)c1cnn(C2CCCCC2)c1N. The summed E-state index contributed by atoms with van der Waals surface area (Å²) in [5.41, 5.74) is 5.84. The summed E-state index contributed by atoms with van der Waals surface area (Å²) in [6.07, 6.45) is 8.17. The Labute approximate surface area is 95.6 Å². The van der Waals surface area contributed by atoms with Crippen molar-refractivity contribution in [3.8, 4) is 0 Å². The van der Waals surface area contributed by atoms with E-state index in [0.717, 1.165) is 31.9 Å². The lowest BCUT2D eigenvalue weighted by molar-refractivity contribution is 0.333. The molecule has 6 heteroatoms. The lowest BCUT2D eigenvalue weighted by Crippen LogP contribution is -2.16. The van der Waals surface area contributed by atoms with Crippen molar-refractivity contribution >= 4 is 15.7 Å². The highest BCUT2D eigenvalue weighted by Crippen LogP contribution is 2.31. The van der Waals surface area contributed by atoms with Crippen LogP contribution in [0.2, 0.25) is 0 Å². The number of anilines is 1. The van der Waals surface area contributed by atoms with E-state index in [1.807, 2.05) is 0 Å². The molecule has 1 heterocycles. The van der Waals surface area contributed by atoms with E-state index in [1.165, 1.54) is 12.6 Å². The van der Waals surface area contributed by atoms with Gasteiger partial charge in [-0.1, -0.05) is 19.3 Å². The summed E-state index contributed by atoms with van der Waals surface area (Å²) in [5.74, 6) is 0.286. The van der Waals surface area contributed by atoms with Gasteiger partial charge in [0.1, 0.15) is 10.7 Å². The van der Waals surface area contributed by atoms with Crippen LogP contribution in [0.3, 0.4) is 0 Å². The number of rotatable bonds is 2. The molecule has 2 rings (SSSR count). The quantitative estimate of drug-likeness (QED) is 0.851. The van der Waals surface area contributed by atoms with Gasteiger partial charge in [-0.3, -0.25) is 0 Å². The normalized spacial score (nSPS) is 18.8. The molecule has 1 aliphatic rings. The first-order chi connectivity index (χ1) is 7.50. The topological polar surface area (TPSA) is 78.0 Å². The average Bonchev–Trinajstić information content (AvgIpc) is 2.61. The zero-order valence-corrected chi connectivity index (χ0v) is 10.2. The largest absolute Gasteiger partial charge is 0.383 e. The molecule has 1 aromatic heterocycles. The highest BCUT2D eigenvalue weighted by molar-refractivity contribution is 7.90. The van der Waals surface area contributed by atoms with Crippen LogP contribution in [0.5, 0.6) is 0 Å². The summed E-state index contributed by atoms with van der Waals surface area (Å²) in [4.78, 5) is 0.151. The molecule has 5 nitrogen and oxygen atoms in total. The van der Waals surface area contributed by atoms with Crippen molar-refractivity contribution in [2.75, 3.05) is 12.0 Å². The number of hydrogen-bond donors (Lipinski definition) is 1. The Bertz CT molecular complexity index is 472. The molecular weight excluding hydrogens is 226 g/mol. The Morgan fingerprint density at radius 2 is 2.00 bits per heavy atom. The van der Waals surface area contributed by atoms with Crippen molar-refractivity contribution < 1.29 is 8.42 Å². The summed E-state index contributed by atoms with van der Waals surface area (Å²) in [7, 11) is -3.26. The fourth-order valence-corrected chi connectivity index (χ4v) is 2.97. The van der Waals surface area contributed by atoms with E-state index >= 15 is 0 Å². The molecule has 90 valence electrons. The minimum absolute atomic E-state index is 0.151. The van der Waals surface area contributed by atoms with Crippen LogP contribution in [0.25, 0.3) is 0 Å². The number of nitrogen functional groups attached to an aromatic ring is 1. The monoisotopic (exact) mass is 243 g/mol. The first kappa shape index (κ1) is 11.4. The van der Waals surface area contributed by atoms with Gasteiger partial charge < -0.3 is 5.73 Å². The number of aromatic nitrogens is 2. The second kappa shape index (κ2) is 4.08. The third-order valence-electron chi connectivity index (χ3n) is 3.12. The van der Waals surface area contributed by atoms with Gasteiger partial charge in [-0.25, -0.2) is 13.1 Å². The molecular formula is C10H17N3O2S. The molecule has 16 heavy (non-hydrogen) atoms. The van der Waals surface area contributed by atoms with Gasteiger partial charge in [-0.2, -0.15) is 5.10 Å². The van der Waals surface area contributed by atoms with Crippen LogP contribution in [0.15, 0.2) is 11.1 Å². The van der Waals surface area contributed by atoms with E-state index in [0.29, 0.717) is 0 Å². The van der Waals surface area contributed by atoms with Gasteiger partial charge in [0.25, 0.3) is 0 Å². The molecule has 1 aliphatic carbocycles. The Kier molecular flexibility index (Phi) is 2.92. The second-order valence-electron chi connectivity index (χ2n) is 4.40. The van der Waals surface area contributed by atoms with Gasteiger partial charge in [-0.05, 0) is 12.8 Å². The van der Waals surface area contributed by atoms with E-state index in [9.17, 15) is 8.42 Å². The van der Waals surface area contributed by atoms with Crippen LogP contribution in [0.1, 0.15) is 38.1 Å². The minimum Gasteiger partial charge on any atom is -0.383 e. The zero-order valence-electron chi connectivity index (χ0n) is 9.39. The molecule has 1 saturated carbocycles. The standard InChI is InChI=1S/C10H17N3O2S/c1-16(14,15)9-7-12-13(10(9)11)8-5-3-2-4-6-8/h7-8H,2-6,11H2,1H3. The Morgan fingerprint density at radius 3 is 2.50 bits per heavy atom. The minimum atomic E-state index is -3.26. The molecule has 1 fully saturated rings. The van der Waals surface area contributed by atoms with Gasteiger partial charge in [0, 0.05) is 6.26 Å². The van der Waals surface area contributed by atoms with E-state index in [1.54, 1.807) is 4.68 Å². The van der Waals surface area contributed by atoms with Gasteiger partial charge >= 0.3 is 0 Å². The lowest BCUT2D eigenvalue weighted by Gasteiger charge is -2.22. The molecule has 0 spiro atoms. The zero-order chi connectivity index (χ0) is 11.8. The van der Waals surface area contributed by atoms with Gasteiger partial charge in [-0.15, -0.1) is 0 Å². The van der Waals surface area contributed by atoms with Crippen LogP contribution >= 0.6 is 0 Å². The molecule has 0 amide bonds. The molecule has 0 aliphatic heterocycles. The fourth-order valence-electron chi connectivity index (χ4n) is 2.26. The van der Waals surface area contributed by atoms with Crippen LogP contribution in [-0.2, 0) is 9.84 Å². The Balaban J connectivity index is 2.33. The van der Waals surface area contributed by atoms with Crippen molar-refractivity contribution in [3.05, 3.63) is 6.20 Å². The van der Waals surface area contributed by atoms with Crippen molar-refractivity contribution in [3.63, 3.8) is 0 Å². The molecule has 0 atom stereocenters. The summed E-state index contributed by atoms with van der Waals surface area (Å²) in [6.45, 7) is 0.